The van der Waals surface area contributed by atoms with Gasteiger partial charge in [-0.1, -0.05) is 64.7 Å². The average Bonchev–Trinajstić information content (AvgIpc) is 2.61. The number of carbonyl (C=O) groups is 2. The van der Waals surface area contributed by atoms with Gasteiger partial charge in [0.05, 0.1) is 0 Å². The van der Waals surface area contributed by atoms with Crippen molar-refractivity contribution in [1.29, 1.82) is 0 Å². The van der Waals surface area contributed by atoms with E-state index in [-0.39, 0.29) is 11.8 Å². The minimum Gasteiger partial charge on any atom is -0.356 e. The Kier molecular flexibility index (Phi) is 11.4. The van der Waals surface area contributed by atoms with E-state index >= 15 is 0 Å². The highest BCUT2D eigenvalue weighted by Gasteiger charge is 2.15. The van der Waals surface area contributed by atoms with E-state index in [9.17, 15) is 9.59 Å². The first kappa shape index (κ1) is 22.2. The number of anilines is 1. The second-order valence-corrected chi connectivity index (χ2v) is 7.35. The van der Waals surface area contributed by atoms with Crippen molar-refractivity contribution in [2.45, 2.75) is 72.1 Å². The molecule has 0 aromatic heterocycles. The van der Waals surface area contributed by atoms with Gasteiger partial charge in [0.15, 0.2) is 0 Å². The zero-order valence-electron chi connectivity index (χ0n) is 16.8. The molecule has 1 rings (SSSR count). The minimum atomic E-state index is 0.0912. The first-order valence-corrected chi connectivity index (χ1v) is 10.2. The molecule has 1 aromatic carbocycles. The zero-order valence-corrected chi connectivity index (χ0v) is 16.8. The largest absolute Gasteiger partial charge is 0.356 e. The summed E-state index contributed by atoms with van der Waals surface area (Å²) in [5.41, 5.74) is 0.944. The molecular weight excluding hydrogens is 324 g/mol. The lowest BCUT2D eigenvalue weighted by Crippen LogP contribution is -2.34. The van der Waals surface area contributed by atoms with Gasteiger partial charge >= 0.3 is 0 Å². The van der Waals surface area contributed by atoms with Crippen LogP contribution in [0.25, 0.3) is 0 Å². The van der Waals surface area contributed by atoms with Crippen LogP contribution in [0, 0.1) is 5.92 Å². The van der Waals surface area contributed by atoms with E-state index in [2.05, 4.69) is 12.2 Å². The van der Waals surface area contributed by atoms with Gasteiger partial charge in [-0.25, -0.2) is 0 Å². The van der Waals surface area contributed by atoms with Crippen molar-refractivity contribution < 1.29 is 9.59 Å². The molecule has 26 heavy (non-hydrogen) atoms. The summed E-state index contributed by atoms with van der Waals surface area (Å²) in [7, 11) is 0. The lowest BCUT2D eigenvalue weighted by Gasteiger charge is -2.23. The topological polar surface area (TPSA) is 49.4 Å². The van der Waals surface area contributed by atoms with Crippen molar-refractivity contribution in [1.82, 2.24) is 5.32 Å². The maximum absolute atomic E-state index is 12.7. The molecule has 1 N–H and O–H groups in total. The number of unbranched alkanes of at least 4 members (excludes halogenated alkanes) is 4. The fourth-order valence-corrected chi connectivity index (χ4v) is 2.93. The van der Waals surface area contributed by atoms with Crippen LogP contribution in [0.3, 0.4) is 0 Å². The van der Waals surface area contributed by atoms with E-state index in [0.717, 1.165) is 24.9 Å². The molecular formula is C22H36N2O2. The summed E-state index contributed by atoms with van der Waals surface area (Å²) in [5, 5.41) is 2.95. The quantitative estimate of drug-likeness (QED) is 0.507. The summed E-state index contributed by atoms with van der Waals surface area (Å²) >= 11 is 0. The number of hydrogen-bond acceptors (Lipinski definition) is 2. The summed E-state index contributed by atoms with van der Waals surface area (Å²) in [6, 6.07) is 9.84. The van der Waals surface area contributed by atoms with Crippen LogP contribution in [-0.4, -0.2) is 24.9 Å². The summed E-state index contributed by atoms with van der Waals surface area (Å²) < 4.78 is 0. The molecule has 0 aliphatic carbocycles. The van der Waals surface area contributed by atoms with E-state index in [1.54, 1.807) is 0 Å². The molecule has 0 aliphatic heterocycles. The normalized spacial score (nSPS) is 10.8. The maximum Gasteiger partial charge on any atom is 0.226 e. The lowest BCUT2D eigenvalue weighted by molar-refractivity contribution is -0.121. The van der Waals surface area contributed by atoms with Crippen LogP contribution in [-0.2, 0) is 9.59 Å². The Balaban J connectivity index is 2.47. The van der Waals surface area contributed by atoms with Crippen molar-refractivity contribution in [3.8, 4) is 0 Å². The number of amides is 2. The number of nitrogens with one attached hydrogen (secondary N) is 1. The van der Waals surface area contributed by atoms with E-state index in [1.165, 1.54) is 19.3 Å². The second kappa shape index (κ2) is 13.4. The van der Waals surface area contributed by atoms with Crippen molar-refractivity contribution in [3.63, 3.8) is 0 Å². The fourth-order valence-electron chi connectivity index (χ4n) is 2.93. The van der Waals surface area contributed by atoms with Crippen molar-refractivity contribution in [2.24, 2.45) is 5.92 Å². The van der Waals surface area contributed by atoms with Crippen LogP contribution in [0.4, 0.5) is 5.69 Å². The molecule has 146 valence electrons. The van der Waals surface area contributed by atoms with E-state index in [4.69, 9.17) is 0 Å². The van der Waals surface area contributed by atoms with Gasteiger partial charge in [0.25, 0.3) is 0 Å². The number of hydrogen-bond donors (Lipinski definition) is 1. The van der Waals surface area contributed by atoms with Gasteiger partial charge in [-0.15, -0.1) is 0 Å². The molecule has 0 heterocycles. The number of rotatable bonds is 13. The molecule has 0 fully saturated rings. The average molecular weight is 361 g/mol. The Morgan fingerprint density at radius 3 is 2.35 bits per heavy atom. The zero-order chi connectivity index (χ0) is 19.2. The van der Waals surface area contributed by atoms with Crippen molar-refractivity contribution in [2.75, 3.05) is 18.0 Å². The third-order valence-electron chi connectivity index (χ3n) is 4.34. The molecule has 1 aromatic rings. The first-order chi connectivity index (χ1) is 12.5. The Bertz CT molecular complexity index is 514. The molecule has 0 radical (unpaired) electrons. The Hall–Kier alpha value is -1.84. The minimum absolute atomic E-state index is 0.0912. The van der Waals surface area contributed by atoms with Crippen LogP contribution < -0.4 is 10.2 Å². The highest BCUT2D eigenvalue weighted by Crippen LogP contribution is 2.16. The van der Waals surface area contributed by atoms with Gasteiger partial charge in [-0.05, 0) is 30.9 Å². The Morgan fingerprint density at radius 1 is 1.00 bits per heavy atom. The SMILES string of the molecule is CCCCCCCC(=O)N(CCCNC(=O)CC(C)C)c1ccccc1. The smallest absolute Gasteiger partial charge is 0.226 e. The molecule has 0 saturated heterocycles. The summed E-state index contributed by atoms with van der Waals surface area (Å²) in [4.78, 5) is 26.3. The van der Waals surface area contributed by atoms with Crippen molar-refractivity contribution >= 4 is 17.5 Å². The molecule has 0 aliphatic rings. The fraction of sp³-hybridized carbons (Fsp3) is 0.636. The van der Waals surface area contributed by atoms with Gasteiger partial charge in [-0.2, -0.15) is 0 Å². The molecule has 4 nitrogen and oxygen atoms in total. The molecule has 0 saturated carbocycles. The van der Waals surface area contributed by atoms with Gasteiger partial charge in [0.1, 0.15) is 0 Å². The van der Waals surface area contributed by atoms with Crippen LogP contribution in [0.5, 0.6) is 0 Å². The molecule has 0 bridgehead atoms. The molecule has 0 unspecified atom stereocenters. The predicted molar refractivity (Wildman–Crippen MR) is 109 cm³/mol. The van der Waals surface area contributed by atoms with Gasteiger partial charge in [0.2, 0.25) is 11.8 Å². The molecule has 2 amide bonds. The second-order valence-electron chi connectivity index (χ2n) is 7.35. The van der Waals surface area contributed by atoms with Gasteiger partial charge in [0, 0.05) is 31.6 Å². The summed E-state index contributed by atoms with van der Waals surface area (Å²) in [5.74, 6) is 0.639. The van der Waals surface area contributed by atoms with Crippen LogP contribution in [0.15, 0.2) is 30.3 Å². The van der Waals surface area contributed by atoms with Crippen LogP contribution >= 0.6 is 0 Å². The number of benzene rings is 1. The highest BCUT2D eigenvalue weighted by molar-refractivity contribution is 5.93. The number of nitrogens with zero attached hydrogens (tertiary/aromatic N) is 1. The summed E-state index contributed by atoms with van der Waals surface area (Å²) in [6.45, 7) is 7.52. The standard InChI is InChI=1S/C22H36N2O2/c1-4-5-6-7-11-15-22(26)24(20-13-9-8-10-14-20)17-12-16-23-21(25)18-19(2)3/h8-10,13-14,19H,4-7,11-12,15-18H2,1-3H3,(H,23,25). The van der Waals surface area contributed by atoms with Crippen molar-refractivity contribution in [3.05, 3.63) is 30.3 Å². The molecule has 0 atom stereocenters. The molecule has 4 heteroatoms. The van der Waals surface area contributed by atoms with E-state index < -0.39 is 0 Å². The van der Waals surface area contributed by atoms with Crippen LogP contribution in [0.2, 0.25) is 0 Å². The third-order valence-corrected chi connectivity index (χ3v) is 4.34. The van der Waals surface area contributed by atoms with E-state index in [1.807, 2.05) is 49.1 Å². The first-order valence-electron chi connectivity index (χ1n) is 10.2. The third kappa shape index (κ3) is 9.59. The highest BCUT2D eigenvalue weighted by atomic mass is 16.2. The Labute approximate surface area is 159 Å². The summed E-state index contributed by atoms with van der Waals surface area (Å²) in [6.07, 6.45) is 7.65. The lowest BCUT2D eigenvalue weighted by atomic mass is 10.1. The van der Waals surface area contributed by atoms with Gasteiger partial charge in [-0.3, -0.25) is 9.59 Å². The molecule has 0 spiro atoms. The maximum atomic E-state index is 12.7. The number of para-hydroxylation sites is 1. The van der Waals surface area contributed by atoms with Crippen LogP contribution in [0.1, 0.15) is 72.1 Å². The predicted octanol–water partition coefficient (Wildman–Crippen LogP) is 4.93. The van der Waals surface area contributed by atoms with E-state index in [0.29, 0.717) is 31.8 Å². The van der Waals surface area contributed by atoms with Gasteiger partial charge < -0.3 is 10.2 Å². The Morgan fingerprint density at radius 2 is 1.69 bits per heavy atom. The monoisotopic (exact) mass is 360 g/mol. The number of carbonyl (C=O) groups excluding carboxylic acids is 2.